The molecule has 0 saturated heterocycles. The first-order valence-corrected chi connectivity index (χ1v) is 10.2. The Bertz CT molecular complexity index is 1190. The number of nitriles is 1. The number of carbonyl (C=O) groups is 1. The van der Waals surface area contributed by atoms with Gasteiger partial charge in [0.15, 0.2) is 24.7 Å². The molecule has 0 radical (unpaired) electrons. The number of para-hydroxylation sites is 2. The molecule has 9 heteroatoms. The van der Waals surface area contributed by atoms with Gasteiger partial charge in [-0.2, -0.15) is 18.4 Å². The zero-order valence-electron chi connectivity index (χ0n) is 18.2. The predicted octanol–water partition coefficient (Wildman–Crippen LogP) is 5.40. The van der Waals surface area contributed by atoms with E-state index in [9.17, 15) is 18.0 Å². The number of carbonyl (C=O) groups excluding carboxylic acids is 1. The number of amides is 1. The van der Waals surface area contributed by atoms with Gasteiger partial charge in [-0.3, -0.25) is 4.79 Å². The summed E-state index contributed by atoms with van der Waals surface area (Å²) in [6.45, 7) is 0.195. The van der Waals surface area contributed by atoms with Gasteiger partial charge in [0.1, 0.15) is 12.4 Å². The Morgan fingerprint density at radius 2 is 1.71 bits per heavy atom. The molecule has 3 rings (SSSR count). The van der Waals surface area contributed by atoms with Crippen molar-refractivity contribution in [3.63, 3.8) is 0 Å². The van der Waals surface area contributed by atoms with Gasteiger partial charge < -0.3 is 19.5 Å². The van der Waals surface area contributed by atoms with E-state index in [4.69, 9.17) is 19.5 Å². The van der Waals surface area contributed by atoms with Gasteiger partial charge in [-0.05, 0) is 60.5 Å². The topological polar surface area (TPSA) is 80.6 Å². The quantitative estimate of drug-likeness (QED) is 0.453. The predicted molar refractivity (Wildman–Crippen MR) is 119 cm³/mol. The van der Waals surface area contributed by atoms with Crippen LogP contribution < -0.4 is 19.5 Å². The molecular weight excluding hydrogens is 449 g/mol. The van der Waals surface area contributed by atoms with Crippen LogP contribution in [0.2, 0.25) is 0 Å². The second-order valence-electron chi connectivity index (χ2n) is 7.27. The van der Waals surface area contributed by atoms with Crippen LogP contribution in [0, 0.1) is 18.3 Å². The fraction of sp³-hybridized carbons (Fsp3) is 0.200. The maximum Gasteiger partial charge on any atom is 0.422 e. The average Bonchev–Trinajstić information content (AvgIpc) is 2.82. The second-order valence-corrected chi connectivity index (χ2v) is 7.27. The molecule has 34 heavy (non-hydrogen) atoms. The van der Waals surface area contributed by atoms with E-state index in [1.54, 1.807) is 49.4 Å². The number of halogens is 3. The third-order valence-corrected chi connectivity index (χ3v) is 4.53. The van der Waals surface area contributed by atoms with Gasteiger partial charge in [-0.15, -0.1) is 0 Å². The molecule has 0 saturated carbocycles. The fourth-order valence-corrected chi connectivity index (χ4v) is 2.94. The van der Waals surface area contributed by atoms with Crippen LogP contribution in [0.3, 0.4) is 0 Å². The zero-order valence-corrected chi connectivity index (χ0v) is 18.2. The standard InChI is InChI=1S/C25H21F3N2O4/c1-17-11-20(32-14-19-6-4-5-18(12-19)13-29)9-10-21(17)30-24(31)15-33-22-7-2-3-8-23(22)34-16-25(26,27)28/h2-12H,14-16H2,1H3,(H,30,31). The molecule has 6 nitrogen and oxygen atoms in total. The van der Waals surface area contributed by atoms with Crippen molar-refractivity contribution in [2.24, 2.45) is 0 Å². The van der Waals surface area contributed by atoms with Crippen LogP contribution in [0.4, 0.5) is 18.9 Å². The summed E-state index contributed by atoms with van der Waals surface area (Å²) >= 11 is 0. The fourth-order valence-electron chi connectivity index (χ4n) is 2.94. The summed E-state index contributed by atoms with van der Waals surface area (Å²) in [5, 5.41) is 11.7. The number of hydrogen-bond donors (Lipinski definition) is 1. The Morgan fingerprint density at radius 1 is 0.971 bits per heavy atom. The van der Waals surface area contributed by atoms with Gasteiger partial charge >= 0.3 is 6.18 Å². The normalized spacial score (nSPS) is 10.8. The molecule has 0 aliphatic rings. The molecular formula is C25H21F3N2O4. The summed E-state index contributed by atoms with van der Waals surface area (Å²) < 4.78 is 53.1. The van der Waals surface area contributed by atoms with Gasteiger partial charge in [-0.25, -0.2) is 0 Å². The van der Waals surface area contributed by atoms with Gasteiger partial charge in [0.05, 0.1) is 11.6 Å². The molecule has 1 amide bonds. The summed E-state index contributed by atoms with van der Waals surface area (Å²) in [6, 6.07) is 20.1. The van der Waals surface area contributed by atoms with E-state index in [1.807, 2.05) is 6.07 Å². The van der Waals surface area contributed by atoms with Crippen LogP contribution in [0.5, 0.6) is 17.2 Å². The van der Waals surface area contributed by atoms with Crippen LogP contribution in [-0.4, -0.2) is 25.3 Å². The minimum Gasteiger partial charge on any atom is -0.489 e. The van der Waals surface area contributed by atoms with Crippen molar-refractivity contribution in [2.75, 3.05) is 18.5 Å². The lowest BCUT2D eigenvalue weighted by molar-refractivity contribution is -0.153. The zero-order chi connectivity index (χ0) is 24.6. The van der Waals surface area contributed by atoms with E-state index in [1.165, 1.54) is 18.2 Å². The van der Waals surface area contributed by atoms with E-state index in [0.717, 1.165) is 11.1 Å². The Hall–Kier alpha value is -4.19. The van der Waals surface area contributed by atoms with Crippen LogP contribution in [0.15, 0.2) is 66.7 Å². The molecule has 3 aromatic rings. The molecule has 0 aromatic heterocycles. The SMILES string of the molecule is Cc1cc(OCc2cccc(C#N)c2)ccc1NC(=O)COc1ccccc1OCC(F)(F)F. The molecule has 3 aromatic carbocycles. The molecule has 0 aliphatic carbocycles. The molecule has 0 heterocycles. The van der Waals surface area contributed by atoms with Crippen molar-refractivity contribution in [3.05, 3.63) is 83.4 Å². The number of ether oxygens (including phenoxy) is 3. The first kappa shape index (κ1) is 24.5. The summed E-state index contributed by atoms with van der Waals surface area (Å²) in [4.78, 5) is 12.3. The van der Waals surface area contributed by atoms with E-state index in [-0.39, 0.29) is 18.1 Å². The second kappa shape index (κ2) is 11.1. The van der Waals surface area contributed by atoms with E-state index >= 15 is 0 Å². The Kier molecular flexibility index (Phi) is 7.98. The lowest BCUT2D eigenvalue weighted by Crippen LogP contribution is -2.22. The number of aryl methyl sites for hydroxylation is 1. The first-order valence-electron chi connectivity index (χ1n) is 10.2. The molecule has 0 atom stereocenters. The molecule has 0 bridgehead atoms. The Balaban J connectivity index is 1.54. The number of hydrogen-bond acceptors (Lipinski definition) is 5. The van der Waals surface area contributed by atoms with Crippen LogP contribution in [-0.2, 0) is 11.4 Å². The number of benzene rings is 3. The van der Waals surface area contributed by atoms with Gasteiger partial charge in [0, 0.05) is 5.69 Å². The largest absolute Gasteiger partial charge is 0.489 e. The summed E-state index contributed by atoms with van der Waals surface area (Å²) in [6.07, 6.45) is -4.49. The highest BCUT2D eigenvalue weighted by Crippen LogP contribution is 2.28. The van der Waals surface area contributed by atoms with E-state index in [2.05, 4.69) is 11.4 Å². The monoisotopic (exact) mass is 470 g/mol. The lowest BCUT2D eigenvalue weighted by Gasteiger charge is -2.14. The summed E-state index contributed by atoms with van der Waals surface area (Å²) in [5.41, 5.74) is 2.68. The molecule has 0 aliphatic heterocycles. The molecule has 0 fully saturated rings. The van der Waals surface area contributed by atoms with Gasteiger partial charge in [0.2, 0.25) is 0 Å². The van der Waals surface area contributed by atoms with Crippen molar-refractivity contribution in [1.82, 2.24) is 0 Å². The molecule has 1 N–H and O–H groups in total. The van der Waals surface area contributed by atoms with Crippen LogP contribution in [0.25, 0.3) is 0 Å². The van der Waals surface area contributed by atoms with Gasteiger partial charge in [0.25, 0.3) is 5.91 Å². The van der Waals surface area contributed by atoms with Crippen molar-refractivity contribution < 1.29 is 32.2 Å². The van der Waals surface area contributed by atoms with Crippen molar-refractivity contribution in [3.8, 4) is 23.3 Å². The highest BCUT2D eigenvalue weighted by atomic mass is 19.4. The van der Waals surface area contributed by atoms with E-state index in [0.29, 0.717) is 17.0 Å². The summed E-state index contributed by atoms with van der Waals surface area (Å²) in [7, 11) is 0. The first-order chi connectivity index (χ1) is 16.2. The summed E-state index contributed by atoms with van der Waals surface area (Å²) in [5.74, 6) is 0.0222. The Labute approximate surface area is 194 Å². The molecule has 176 valence electrons. The number of anilines is 1. The Morgan fingerprint density at radius 3 is 2.38 bits per heavy atom. The lowest BCUT2D eigenvalue weighted by atomic mass is 10.1. The van der Waals surface area contributed by atoms with Crippen molar-refractivity contribution >= 4 is 11.6 Å². The van der Waals surface area contributed by atoms with Crippen molar-refractivity contribution in [1.29, 1.82) is 5.26 Å². The van der Waals surface area contributed by atoms with E-state index < -0.39 is 25.3 Å². The minimum absolute atomic E-state index is 0.0304. The maximum atomic E-state index is 12.4. The van der Waals surface area contributed by atoms with Crippen molar-refractivity contribution in [2.45, 2.75) is 19.7 Å². The number of rotatable bonds is 9. The smallest absolute Gasteiger partial charge is 0.422 e. The molecule has 0 unspecified atom stereocenters. The average molecular weight is 470 g/mol. The van der Waals surface area contributed by atoms with Crippen LogP contribution >= 0.6 is 0 Å². The van der Waals surface area contributed by atoms with Crippen LogP contribution in [0.1, 0.15) is 16.7 Å². The third kappa shape index (κ3) is 7.45. The third-order valence-electron chi connectivity index (χ3n) is 4.53. The number of alkyl halides is 3. The highest BCUT2D eigenvalue weighted by Gasteiger charge is 2.29. The number of nitrogens with one attached hydrogen (secondary N) is 1. The maximum absolute atomic E-state index is 12.4. The minimum atomic E-state index is -4.49. The van der Waals surface area contributed by atoms with Gasteiger partial charge in [-0.1, -0.05) is 24.3 Å². The highest BCUT2D eigenvalue weighted by molar-refractivity contribution is 5.92. The number of nitrogens with zero attached hydrogens (tertiary/aromatic N) is 1. The molecule has 0 spiro atoms.